The van der Waals surface area contributed by atoms with Gasteiger partial charge in [-0.3, -0.25) is 4.79 Å². The molecule has 3 aromatic carbocycles. The number of nitrogens with one attached hydrogen (secondary N) is 1. The largest absolute Gasteiger partial charge is 0.482 e. The van der Waals surface area contributed by atoms with Gasteiger partial charge in [0.1, 0.15) is 5.75 Å². The highest BCUT2D eigenvalue weighted by atomic mass is 16.6. The maximum absolute atomic E-state index is 12.2. The van der Waals surface area contributed by atoms with Crippen molar-refractivity contribution < 1.29 is 19.1 Å². The molecule has 1 amide bonds. The van der Waals surface area contributed by atoms with Gasteiger partial charge in [0, 0.05) is 0 Å². The van der Waals surface area contributed by atoms with E-state index >= 15 is 0 Å². The first-order valence-corrected chi connectivity index (χ1v) is 9.77. The Labute approximate surface area is 170 Å². The average Bonchev–Trinajstić information content (AvgIpc) is 2.76. The molecule has 0 radical (unpaired) electrons. The number of amides is 1. The number of hydrogen-bond donors (Lipinski definition) is 1. The molecule has 150 valence electrons. The number of ether oxygens (including phenoxy) is 2. The molecule has 0 heterocycles. The van der Waals surface area contributed by atoms with E-state index in [0.29, 0.717) is 5.75 Å². The first-order chi connectivity index (χ1) is 14.2. The third-order valence-electron chi connectivity index (χ3n) is 4.56. The van der Waals surface area contributed by atoms with Gasteiger partial charge in [0.25, 0.3) is 5.91 Å². The minimum absolute atomic E-state index is 0.0961. The third-order valence-corrected chi connectivity index (χ3v) is 4.56. The molecule has 0 aliphatic carbocycles. The van der Waals surface area contributed by atoms with E-state index < -0.39 is 5.97 Å². The third kappa shape index (κ3) is 6.07. The van der Waals surface area contributed by atoms with Crippen LogP contribution in [0.5, 0.6) is 5.75 Å². The molecule has 0 fully saturated rings. The van der Waals surface area contributed by atoms with Gasteiger partial charge in [-0.2, -0.15) is 0 Å². The average molecular weight is 391 g/mol. The van der Waals surface area contributed by atoms with Crippen LogP contribution in [-0.4, -0.2) is 25.1 Å². The summed E-state index contributed by atoms with van der Waals surface area (Å²) in [4.78, 5) is 24.1. The normalized spacial score (nSPS) is 11.6. The lowest BCUT2D eigenvalue weighted by molar-refractivity contribution is -0.150. The molecule has 0 spiro atoms. The standard InChI is InChI=1S/C24H25NO4/c1-2-8-22(19-10-4-3-5-11-19)25-23(26)16-29-24(27)17-28-21-14-13-18-9-6-7-12-20(18)15-21/h3-7,9-15,22H,2,8,16-17H2,1H3,(H,25,26)/t22-/m0/s1. The van der Waals surface area contributed by atoms with Gasteiger partial charge in [-0.15, -0.1) is 0 Å². The Morgan fingerprint density at radius 2 is 1.62 bits per heavy atom. The lowest BCUT2D eigenvalue weighted by Crippen LogP contribution is -2.33. The molecule has 5 nitrogen and oxygen atoms in total. The molecule has 5 heteroatoms. The lowest BCUT2D eigenvalue weighted by Gasteiger charge is -2.18. The van der Waals surface area contributed by atoms with Gasteiger partial charge < -0.3 is 14.8 Å². The van der Waals surface area contributed by atoms with Crippen LogP contribution in [0.2, 0.25) is 0 Å². The number of hydrogen-bond acceptors (Lipinski definition) is 4. The van der Waals surface area contributed by atoms with Crippen molar-refractivity contribution in [1.29, 1.82) is 0 Å². The fourth-order valence-corrected chi connectivity index (χ4v) is 3.12. The van der Waals surface area contributed by atoms with Crippen LogP contribution in [0, 0.1) is 0 Å². The number of carbonyl (C=O) groups is 2. The van der Waals surface area contributed by atoms with Crippen LogP contribution < -0.4 is 10.1 Å². The predicted octanol–water partition coefficient (Wildman–Crippen LogP) is 4.42. The van der Waals surface area contributed by atoms with Crippen LogP contribution in [0.3, 0.4) is 0 Å². The first-order valence-electron chi connectivity index (χ1n) is 9.77. The van der Waals surface area contributed by atoms with Crippen LogP contribution in [-0.2, 0) is 14.3 Å². The van der Waals surface area contributed by atoms with Crippen LogP contribution in [0.4, 0.5) is 0 Å². The van der Waals surface area contributed by atoms with Gasteiger partial charge in [-0.05, 0) is 34.9 Å². The molecule has 29 heavy (non-hydrogen) atoms. The van der Waals surface area contributed by atoms with E-state index in [2.05, 4.69) is 12.2 Å². The molecular formula is C24H25NO4. The molecule has 3 aromatic rings. The van der Waals surface area contributed by atoms with Crippen LogP contribution in [0.1, 0.15) is 31.4 Å². The lowest BCUT2D eigenvalue weighted by atomic mass is 10.0. The zero-order valence-electron chi connectivity index (χ0n) is 16.5. The highest BCUT2D eigenvalue weighted by Crippen LogP contribution is 2.20. The molecule has 0 bridgehead atoms. The molecule has 0 saturated carbocycles. The van der Waals surface area contributed by atoms with Crippen molar-refractivity contribution in [1.82, 2.24) is 5.32 Å². The van der Waals surface area contributed by atoms with Crippen molar-refractivity contribution in [2.75, 3.05) is 13.2 Å². The summed E-state index contributed by atoms with van der Waals surface area (Å²) in [5.41, 5.74) is 1.04. The summed E-state index contributed by atoms with van der Waals surface area (Å²) in [7, 11) is 0. The second-order valence-corrected chi connectivity index (χ2v) is 6.78. The Hall–Kier alpha value is -3.34. The summed E-state index contributed by atoms with van der Waals surface area (Å²) in [6, 6.07) is 23.2. The summed E-state index contributed by atoms with van der Waals surface area (Å²) < 4.78 is 10.5. The molecule has 3 rings (SSSR count). The summed E-state index contributed by atoms with van der Waals surface area (Å²) in [6.07, 6.45) is 1.74. The topological polar surface area (TPSA) is 64.6 Å². The molecule has 0 aromatic heterocycles. The van der Waals surface area contributed by atoms with Gasteiger partial charge in [0.05, 0.1) is 6.04 Å². The fraction of sp³-hybridized carbons (Fsp3) is 0.250. The number of benzene rings is 3. The van der Waals surface area contributed by atoms with E-state index in [1.54, 1.807) is 6.07 Å². The van der Waals surface area contributed by atoms with Crippen LogP contribution >= 0.6 is 0 Å². The Kier molecular flexibility index (Phi) is 7.22. The Morgan fingerprint density at radius 1 is 0.897 bits per heavy atom. The van der Waals surface area contributed by atoms with E-state index in [0.717, 1.165) is 29.2 Å². The second-order valence-electron chi connectivity index (χ2n) is 6.78. The van der Waals surface area contributed by atoms with E-state index in [1.807, 2.05) is 66.7 Å². The summed E-state index contributed by atoms with van der Waals surface area (Å²) >= 11 is 0. The zero-order valence-corrected chi connectivity index (χ0v) is 16.5. The second kappa shape index (κ2) is 10.3. The SMILES string of the molecule is CCC[C@H](NC(=O)COC(=O)COc1ccc2ccccc2c1)c1ccccc1. The predicted molar refractivity (Wildman–Crippen MR) is 113 cm³/mol. The van der Waals surface area contributed by atoms with Gasteiger partial charge >= 0.3 is 5.97 Å². The van der Waals surface area contributed by atoms with Gasteiger partial charge in [0.15, 0.2) is 13.2 Å². The minimum Gasteiger partial charge on any atom is -0.482 e. The van der Waals surface area contributed by atoms with E-state index in [1.165, 1.54) is 0 Å². The van der Waals surface area contributed by atoms with E-state index in [4.69, 9.17) is 9.47 Å². The van der Waals surface area contributed by atoms with E-state index in [-0.39, 0.29) is 25.2 Å². The highest BCUT2D eigenvalue weighted by molar-refractivity contribution is 5.84. The van der Waals surface area contributed by atoms with Crippen molar-refractivity contribution in [2.45, 2.75) is 25.8 Å². The van der Waals surface area contributed by atoms with Gasteiger partial charge in [0.2, 0.25) is 0 Å². The number of carbonyl (C=O) groups excluding carboxylic acids is 2. The van der Waals surface area contributed by atoms with Crippen molar-refractivity contribution in [3.8, 4) is 5.75 Å². The van der Waals surface area contributed by atoms with Gasteiger partial charge in [-0.1, -0.05) is 74.0 Å². The molecule has 0 aliphatic heterocycles. The quantitative estimate of drug-likeness (QED) is 0.549. The molecule has 0 aliphatic rings. The van der Waals surface area contributed by atoms with Crippen molar-refractivity contribution in [2.24, 2.45) is 0 Å². The van der Waals surface area contributed by atoms with Crippen molar-refractivity contribution in [3.05, 3.63) is 78.4 Å². The molecule has 0 saturated heterocycles. The molecule has 1 atom stereocenters. The summed E-state index contributed by atoms with van der Waals surface area (Å²) in [5.74, 6) is -0.330. The van der Waals surface area contributed by atoms with Crippen LogP contribution in [0.15, 0.2) is 72.8 Å². The molecule has 0 unspecified atom stereocenters. The smallest absolute Gasteiger partial charge is 0.344 e. The Morgan fingerprint density at radius 3 is 2.38 bits per heavy atom. The highest BCUT2D eigenvalue weighted by Gasteiger charge is 2.15. The minimum atomic E-state index is -0.583. The summed E-state index contributed by atoms with van der Waals surface area (Å²) in [5, 5.41) is 5.05. The fourth-order valence-electron chi connectivity index (χ4n) is 3.12. The molecule has 1 N–H and O–H groups in total. The number of esters is 1. The maximum atomic E-state index is 12.2. The number of fused-ring (bicyclic) bond motifs is 1. The first kappa shape index (κ1) is 20.4. The summed E-state index contributed by atoms with van der Waals surface area (Å²) in [6.45, 7) is 1.49. The zero-order chi connectivity index (χ0) is 20.5. The molecular weight excluding hydrogens is 366 g/mol. The Bertz CT molecular complexity index is 955. The Balaban J connectivity index is 1.46. The van der Waals surface area contributed by atoms with Crippen molar-refractivity contribution >= 4 is 22.6 Å². The van der Waals surface area contributed by atoms with Crippen molar-refractivity contribution in [3.63, 3.8) is 0 Å². The number of rotatable bonds is 9. The maximum Gasteiger partial charge on any atom is 0.344 e. The monoisotopic (exact) mass is 391 g/mol. The van der Waals surface area contributed by atoms with Gasteiger partial charge in [-0.25, -0.2) is 4.79 Å². The van der Waals surface area contributed by atoms with E-state index in [9.17, 15) is 9.59 Å². The van der Waals surface area contributed by atoms with Crippen LogP contribution in [0.25, 0.3) is 10.8 Å².